The van der Waals surface area contributed by atoms with Crippen molar-refractivity contribution >= 4 is 88.4 Å². The van der Waals surface area contributed by atoms with Crippen LogP contribution in [0.1, 0.15) is 0 Å². The summed E-state index contributed by atoms with van der Waals surface area (Å²) < 4.78 is 4.82. The van der Waals surface area contributed by atoms with Crippen LogP contribution in [0.3, 0.4) is 0 Å². The molecule has 0 radical (unpaired) electrons. The summed E-state index contributed by atoms with van der Waals surface area (Å²) in [7, 11) is 0. The molecule has 0 N–H and O–H groups in total. The van der Waals surface area contributed by atoms with E-state index in [2.05, 4.69) is 118 Å². The van der Waals surface area contributed by atoms with Gasteiger partial charge in [0.05, 0.1) is 22.1 Å². The maximum Gasteiger partial charge on any atom is 0.0619 e. The second-order valence-electron chi connectivity index (χ2n) is 10.9. The molecule has 198 valence electrons. The summed E-state index contributed by atoms with van der Waals surface area (Å²) >= 11 is 12.9. The van der Waals surface area contributed by atoms with Gasteiger partial charge in [-0.25, -0.2) is 0 Å². The van der Waals surface area contributed by atoms with Crippen LogP contribution in [0, 0.1) is 0 Å². The summed E-state index contributed by atoms with van der Waals surface area (Å²) in [6.45, 7) is 0. The lowest BCUT2D eigenvalue weighted by atomic mass is 10.0. The number of halogens is 2. The zero-order chi connectivity index (χ0) is 27.9. The Hall–Kier alpha value is -4.76. The van der Waals surface area contributed by atoms with Crippen molar-refractivity contribution in [3.05, 3.63) is 144 Å². The topological polar surface area (TPSA) is 9.86 Å². The fourth-order valence-electron chi connectivity index (χ4n) is 6.80. The van der Waals surface area contributed by atoms with Crippen molar-refractivity contribution in [2.24, 2.45) is 0 Å². The van der Waals surface area contributed by atoms with E-state index in [9.17, 15) is 0 Å². The quantitative estimate of drug-likeness (QED) is 0.193. The van der Waals surface area contributed by atoms with Gasteiger partial charge < -0.3 is 9.13 Å². The van der Waals surface area contributed by atoms with Crippen molar-refractivity contribution in [2.75, 3.05) is 0 Å². The summed E-state index contributed by atoms with van der Waals surface area (Å²) in [5.74, 6) is 0. The average Bonchev–Trinajstić information content (AvgIpc) is 3.53. The lowest BCUT2D eigenvalue weighted by molar-refractivity contribution is 1.17. The lowest BCUT2D eigenvalue weighted by Crippen LogP contribution is -1.96. The van der Waals surface area contributed by atoms with Crippen LogP contribution in [0.5, 0.6) is 0 Å². The van der Waals surface area contributed by atoms with Gasteiger partial charge in [0, 0.05) is 53.7 Å². The first kappa shape index (κ1) is 23.9. The third-order valence-corrected chi connectivity index (χ3v) is 9.03. The van der Waals surface area contributed by atoms with Crippen LogP contribution in [0.4, 0.5) is 0 Å². The first-order valence-electron chi connectivity index (χ1n) is 14.0. The highest BCUT2D eigenvalue weighted by molar-refractivity contribution is 6.33. The van der Waals surface area contributed by atoms with Gasteiger partial charge in [-0.15, -0.1) is 0 Å². The number of hydrogen-bond donors (Lipinski definition) is 0. The number of rotatable bonds is 2. The summed E-state index contributed by atoms with van der Waals surface area (Å²) in [5, 5.41) is 11.0. The highest BCUT2D eigenvalue weighted by Gasteiger charge is 2.21. The van der Waals surface area contributed by atoms with Crippen molar-refractivity contribution in [3.8, 4) is 11.4 Å². The molecule has 0 amide bonds. The molecule has 0 unspecified atom stereocenters. The zero-order valence-electron chi connectivity index (χ0n) is 22.4. The van der Waals surface area contributed by atoms with Gasteiger partial charge in [0.1, 0.15) is 0 Å². The Morgan fingerprint density at radius 3 is 1.24 bits per heavy atom. The molecule has 0 spiro atoms. The lowest BCUT2D eigenvalue weighted by Gasteiger charge is -2.11. The average molecular weight is 578 g/mol. The van der Waals surface area contributed by atoms with E-state index >= 15 is 0 Å². The molecule has 9 rings (SSSR count). The largest absolute Gasteiger partial charge is 0.309 e. The van der Waals surface area contributed by atoms with Gasteiger partial charge in [-0.05, 0) is 71.4 Å². The minimum Gasteiger partial charge on any atom is -0.309 e. The molecule has 42 heavy (non-hydrogen) atoms. The number of aromatic nitrogens is 2. The zero-order valence-corrected chi connectivity index (χ0v) is 23.9. The third kappa shape index (κ3) is 3.34. The van der Waals surface area contributed by atoms with Crippen LogP contribution in [0.15, 0.2) is 133 Å². The molecule has 9 aromatic rings. The predicted molar refractivity (Wildman–Crippen MR) is 180 cm³/mol. The summed E-state index contributed by atoms with van der Waals surface area (Å²) in [5.41, 5.74) is 6.96. The predicted octanol–water partition coefficient (Wildman–Crippen LogP) is 11.5. The molecule has 2 nitrogen and oxygen atoms in total. The molecule has 0 aliphatic rings. The normalized spacial score (nSPS) is 12.0. The Bertz CT molecular complexity index is 2350. The molecule has 0 aliphatic carbocycles. The van der Waals surface area contributed by atoms with Crippen LogP contribution in [0.25, 0.3) is 76.5 Å². The number of hydrogen-bond acceptors (Lipinski definition) is 0. The number of benzene rings is 7. The third-order valence-electron chi connectivity index (χ3n) is 8.56. The molecular formula is C38H22Cl2N2. The van der Waals surface area contributed by atoms with Gasteiger partial charge in [-0.2, -0.15) is 0 Å². The summed E-state index contributed by atoms with van der Waals surface area (Å²) in [6, 6.07) is 47.3. The molecule has 0 saturated carbocycles. The Balaban J connectivity index is 1.53. The molecule has 4 heteroatoms. The fraction of sp³-hybridized carbons (Fsp3) is 0. The first-order chi connectivity index (χ1) is 20.7. The van der Waals surface area contributed by atoms with Crippen molar-refractivity contribution in [2.45, 2.75) is 0 Å². The van der Waals surface area contributed by atoms with Gasteiger partial charge in [-0.3, -0.25) is 0 Å². The number of nitrogens with zero attached hydrogens (tertiary/aromatic N) is 2. The van der Waals surface area contributed by atoms with E-state index in [1.807, 2.05) is 24.3 Å². The van der Waals surface area contributed by atoms with E-state index in [0.717, 1.165) is 32.2 Å². The van der Waals surface area contributed by atoms with Gasteiger partial charge in [-0.1, -0.05) is 96.0 Å². The van der Waals surface area contributed by atoms with Crippen molar-refractivity contribution < 1.29 is 0 Å². The van der Waals surface area contributed by atoms with Crippen molar-refractivity contribution in [1.29, 1.82) is 0 Å². The standard InChI is InChI=1S/C38H22Cl2N2/c39-25-13-17-29-23(19-25)11-15-31-33-21-34-32-16-12-24-20-26(40)14-18-30(24)38(32)42(28-9-5-2-6-10-28)36(34)22-35(33)41(37(29)31)27-7-3-1-4-8-27/h1-22H. The first-order valence-corrected chi connectivity index (χ1v) is 14.7. The van der Waals surface area contributed by atoms with E-state index in [4.69, 9.17) is 23.2 Å². The maximum atomic E-state index is 6.43. The molecule has 2 heterocycles. The van der Waals surface area contributed by atoms with Crippen molar-refractivity contribution in [3.63, 3.8) is 0 Å². The van der Waals surface area contributed by atoms with Crippen LogP contribution in [-0.4, -0.2) is 9.13 Å². The van der Waals surface area contributed by atoms with Gasteiger partial charge in [0.15, 0.2) is 0 Å². The molecule has 0 aliphatic heterocycles. The van der Waals surface area contributed by atoms with Crippen LogP contribution in [0.2, 0.25) is 10.0 Å². The second-order valence-corrected chi connectivity index (χ2v) is 11.8. The van der Waals surface area contributed by atoms with Gasteiger partial charge >= 0.3 is 0 Å². The summed E-state index contributed by atoms with van der Waals surface area (Å²) in [4.78, 5) is 0. The molecule has 0 atom stereocenters. The van der Waals surface area contributed by atoms with Crippen molar-refractivity contribution in [1.82, 2.24) is 9.13 Å². The smallest absolute Gasteiger partial charge is 0.0619 e. The van der Waals surface area contributed by atoms with E-state index in [-0.39, 0.29) is 0 Å². The van der Waals surface area contributed by atoms with Crippen LogP contribution in [-0.2, 0) is 0 Å². The Kier molecular flexibility index (Phi) is 5.05. The van der Waals surface area contributed by atoms with Crippen LogP contribution >= 0.6 is 23.2 Å². The molecule has 2 aromatic heterocycles. The minimum atomic E-state index is 0.742. The van der Waals surface area contributed by atoms with Gasteiger partial charge in [0.25, 0.3) is 0 Å². The molecule has 7 aromatic carbocycles. The van der Waals surface area contributed by atoms with E-state index in [1.54, 1.807) is 0 Å². The Morgan fingerprint density at radius 2 is 0.786 bits per heavy atom. The minimum absolute atomic E-state index is 0.742. The van der Waals surface area contributed by atoms with E-state index in [0.29, 0.717) is 0 Å². The Morgan fingerprint density at radius 1 is 0.357 bits per heavy atom. The highest BCUT2D eigenvalue weighted by atomic mass is 35.5. The molecule has 0 fully saturated rings. The Labute approximate surface area is 251 Å². The number of para-hydroxylation sites is 2. The monoisotopic (exact) mass is 576 g/mol. The SMILES string of the molecule is Clc1ccc2c(ccc3c4cc5c6ccc7cc(Cl)ccc7c6n(-c6ccccc6)c5cc4n(-c4ccccc4)c23)c1. The summed E-state index contributed by atoms with van der Waals surface area (Å²) in [6.07, 6.45) is 0. The highest BCUT2D eigenvalue weighted by Crippen LogP contribution is 2.43. The molecule has 0 bridgehead atoms. The number of fused-ring (bicyclic) bond motifs is 10. The fourth-order valence-corrected chi connectivity index (χ4v) is 7.16. The van der Waals surface area contributed by atoms with E-state index in [1.165, 1.54) is 54.4 Å². The van der Waals surface area contributed by atoms with E-state index < -0.39 is 0 Å². The molecule has 0 saturated heterocycles. The molecular weight excluding hydrogens is 555 g/mol. The second kappa shape index (κ2) is 8.87. The van der Waals surface area contributed by atoms with Crippen LogP contribution < -0.4 is 0 Å². The van der Waals surface area contributed by atoms with Gasteiger partial charge in [0.2, 0.25) is 0 Å². The maximum absolute atomic E-state index is 6.43.